The van der Waals surface area contributed by atoms with Crippen molar-refractivity contribution >= 4 is 58.0 Å². The Morgan fingerprint density at radius 2 is 0.431 bits per heavy atom. The number of carbonyl (C=O) groups excluding carboxylic acids is 2. The summed E-state index contributed by atoms with van der Waals surface area (Å²) in [6.45, 7) is 9.13. The van der Waals surface area contributed by atoms with Crippen LogP contribution in [0, 0.1) is 45.3 Å². The van der Waals surface area contributed by atoms with Crippen LogP contribution in [-0.2, 0) is 9.59 Å². The molecule has 0 saturated heterocycles. The van der Waals surface area contributed by atoms with E-state index in [1.807, 2.05) is 0 Å². The first-order valence-electron chi connectivity index (χ1n) is 32.7. The van der Waals surface area contributed by atoms with E-state index in [0.717, 1.165) is 126 Å². The molecule has 0 atom stereocenters. The van der Waals surface area contributed by atoms with Crippen LogP contribution >= 0.6 is 46.4 Å². The lowest BCUT2D eigenvalue weighted by atomic mass is 9.42. The van der Waals surface area contributed by atoms with Crippen molar-refractivity contribution in [3.63, 3.8) is 0 Å². The highest BCUT2D eigenvalue weighted by atomic mass is 35.5. The van der Waals surface area contributed by atoms with Gasteiger partial charge in [-0.05, 0) is 126 Å². The smallest absolute Gasteiger partial charge is 0.151 e. The van der Waals surface area contributed by atoms with Crippen LogP contribution < -0.4 is 0 Å². The molecule has 6 rings (SSSR count). The maximum Gasteiger partial charge on any atom is 0.151 e. The number of rotatable bonds is 34. The zero-order chi connectivity index (χ0) is 51.8. The Morgan fingerprint density at radius 3 is 0.583 bits per heavy atom. The fourth-order valence-electron chi connectivity index (χ4n) is 16.2. The molecule has 72 heavy (non-hydrogen) atoms. The number of hydrogen-bond donors (Lipinski definition) is 0. The van der Waals surface area contributed by atoms with Gasteiger partial charge in [-0.2, -0.15) is 0 Å². The summed E-state index contributed by atoms with van der Waals surface area (Å²) in [6, 6.07) is 0. The molecule has 420 valence electrons. The topological polar surface area (TPSA) is 34.1 Å². The molecule has 0 radical (unpaired) electrons. The Bertz CT molecular complexity index is 1370. The lowest BCUT2D eigenvalue weighted by Crippen LogP contribution is -2.74. The lowest BCUT2D eigenvalue weighted by Gasteiger charge is -2.67. The number of halogens is 4. The van der Waals surface area contributed by atoms with Crippen molar-refractivity contribution in [3.8, 4) is 0 Å². The van der Waals surface area contributed by atoms with Crippen molar-refractivity contribution in [2.45, 2.75) is 357 Å². The average Bonchev–Trinajstić information content (AvgIpc) is 3.40. The van der Waals surface area contributed by atoms with Crippen LogP contribution in [0.4, 0.5) is 0 Å². The van der Waals surface area contributed by atoms with Gasteiger partial charge in [-0.1, -0.05) is 292 Å². The van der Waals surface area contributed by atoms with Gasteiger partial charge in [0.25, 0.3) is 0 Å². The maximum atomic E-state index is 13.8. The molecule has 6 saturated carbocycles. The van der Waals surface area contributed by atoms with E-state index < -0.39 is 30.3 Å². The van der Waals surface area contributed by atoms with Crippen LogP contribution in [0.25, 0.3) is 0 Å². The molecule has 6 fully saturated rings. The van der Waals surface area contributed by atoms with E-state index in [9.17, 15) is 9.59 Å². The van der Waals surface area contributed by atoms with Crippen LogP contribution in [0.3, 0.4) is 0 Å². The molecule has 4 spiro atoms. The van der Waals surface area contributed by atoms with Crippen molar-refractivity contribution in [2.75, 3.05) is 0 Å². The second kappa shape index (κ2) is 32.5. The average molecular weight is 1080 g/mol. The Labute approximate surface area is 467 Å². The molecular formula is C66H116Cl4O2. The molecular weight excluding hydrogens is 967 g/mol. The number of ketones is 2. The quantitative estimate of drug-likeness (QED) is 0.0475. The van der Waals surface area contributed by atoms with Gasteiger partial charge in [-0.15, -0.1) is 0 Å². The summed E-state index contributed by atoms with van der Waals surface area (Å²) in [5.74, 6) is 4.04. The molecule has 0 N–H and O–H groups in total. The highest BCUT2D eigenvalue weighted by Crippen LogP contribution is 2.76. The molecule has 6 heteroatoms. The summed E-state index contributed by atoms with van der Waals surface area (Å²) in [6.07, 6.45) is 63.5. The van der Waals surface area contributed by atoms with Crippen molar-refractivity contribution in [1.82, 2.24) is 0 Å². The summed E-state index contributed by atoms with van der Waals surface area (Å²) < 4.78 is -1.66. The molecule has 6 aliphatic rings. The zero-order valence-corrected chi connectivity index (χ0v) is 51.0. The van der Waals surface area contributed by atoms with Crippen LogP contribution in [0.2, 0.25) is 0 Å². The van der Waals surface area contributed by atoms with Gasteiger partial charge in [0.15, 0.2) is 11.6 Å². The Kier molecular flexibility index (Phi) is 28.6. The van der Waals surface area contributed by atoms with E-state index in [0.29, 0.717) is 11.6 Å². The standard InChI is InChI=1S/C34H60Cl2O.C32H56Cl2O/c1-3-5-7-9-11-13-15-17-19-29-21-25-32(26-22-29)31(37)33(34(32,35)36)27-23-30(24-28-33)20-18-16-14-12-10-8-6-4-2;1-3-5-7-9-11-13-15-17-27-19-23-30(24-20-27)29(35)31(32(30,33)34)25-21-28(22-26-31)18-16-14-12-10-8-6-4-2/h29-30H,3-28H2,1-2H3;27-28H,3-26H2,1-2H3/t29-,30?,32+,33?;27?,28?,30-,31-. The molecule has 0 aromatic carbocycles. The summed E-state index contributed by atoms with van der Waals surface area (Å²) in [7, 11) is 0. The van der Waals surface area contributed by atoms with Gasteiger partial charge in [-0.3, -0.25) is 9.59 Å². The van der Waals surface area contributed by atoms with E-state index in [2.05, 4.69) is 27.7 Å². The van der Waals surface area contributed by atoms with Gasteiger partial charge >= 0.3 is 0 Å². The third kappa shape index (κ3) is 15.9. The summed E-state index contributed by atoms with van der Waals surface area (Å²) in [5.41, 5.74) is -1.73. The van der Waals surface area contributed by atoms with E-state index in [-0.39, 0.29) is 0 Å². The Balaban J connectivity index is 0.000000268. The van der Waals surface area contributed by atoms with Gasteiger partial charge in [-0.25, -0.2) is 0 Å². The number of unbranched alkanes of at least 4 members (excludes halogenated alkanes) is 26. The SMILES string of the molecule is CCCCCCCCCC1CC[C@]2(CC1)C(=O)[C@@]1(CCC(CCCCCCCCC)CC1)C2(Cl)Cl.CCCCCCCCCCC1CCC2(CC1)C(=O)[C@]1(CC[C@H](CCCCCCCCCC)CC1)C2(Cl)Cl. The van der Waals surface area contributed by atoms with E-state index in [1.165, 1.54) is 218 Å². The second-order valence-corrected chi connectivity index (χ2v) is 28.9. The zero-order valence-electron chi connectivity index (χ0n) is 48.0. The van der Waals surface area contributed by atoms with Crippen molar-refractivity contribution in [2.24, 2.45) is 45.3 Å². The molecule has 0 heterocycles. The third-order valence-corrected chi connectivity index (χ3v) is 24.2. The van der Waals surface area contributed by atoms with Gasteiger partial charge in [0.1, 0.15) is 8.67 Å². The first-order chi connectivity index (χ1) is 34.9. The number of hydrogen-bond acceptors (Lipinski definition) is 2. The molecule has 0 aliphatic heterocycles. The Hall–Kier alpha value is 0.500. The summed E-state index contributed by atoms with van der Waals surface area (Å²) >= 11 is 28.8. The first-order valence-corrected chi connectivity index (χ1v) is 34.2. The normalized spacial score (nSPS) is 31.7. The minimum Gasteiger partial charge on any atom is -0.298 e. The van der Waals surface area contributed by atoms with Crippen LogP contribution in [0.5, 0.6) is 0 Å². The van der Waals surface area contributed by atoms with Crippen LogP contribution in [0.1, 0.15) is 349 Å². The third-order valence-electron chi connectivity index (χ3n) is 21.3. The minimum absolute atomic E-state index is 0.432. The molecule has 0 aromatic rings. The fraction of sp³-hybridized carbons (Fsp3) is 0.970. The highest BCUT2D eigenvalue weighted by Gasteiger charge is 2.80. The van der Waals surface area contributed by atoms with E-state index >= 15 is 0 Å². The van der Waals surface area contributed by atoms with Crippen molar-refractivity contribution in [1.29, 1.82) is 0 Å². The second-order valence-electron chi connectivity index (χ2n) is 26.3. The van der Waals surface area contributed by atoms with Gasteiger partial charge in [0, 0.05) is 0 Å². The Morgan fingerprint density at radius 1 is 0.278 bits per heavy atom. The lowest BCUT2D eigenvalue weighted by molar-refractivity contribution is -0.172. The van der Waals surface area contributed by atoms with Crippen LogP contribution in [0.15, 0.2) is 0 Å². The van der Waals surface area contributed by atoms with Crippen molar-refractivity contribution in [3.05, 3.63) is 0 Å². The molecule has 2 nitrogen and oxygen atoms in total. The molecule has 0 aromatic heterocycles. The fourth-order valence-corrected chi connectivity index (χ4v) is 18.4. The molecule has 0 amide bonds. The van der Waals surface area contributed by atoms with E-state index in [4.69, 9.17) is 46.4 Å². The predicted octanol–water partition coefficient (Wildman–Crippen LogP) is 23.5. The molecule has 0 bridgehead atoms. The summed E-state index contributed by atoms with van der Waals surface area (Å²) in [4.78, 5) is 27.5. The van der Waals surface area contributed by atoms with Crippen molar-refractivity contribution < 1.29 is 9.59 Å². The highest BCUT2D eigenvalue weighted by molar-refractivity contribution is 6.55. The number of alkyl halides is 4. The van der Waals surface area contributed by atoms with E-state index in [1.54, 1.807) is 0 Å². The predicted molar refractivity (Wildman–Crippen MR) is 316 cm³/mol. The summed E-state index contributed by atoms with van der Waals surface area (Å²) in [5, 5.41) is 0. The number of carbonyl (C=O) groups is 2. The number of Topliss-reactive ketones (excluding diaryl/α,β-unsaturated/α-hetero) is 2. The van der Waals surface area contributed by atoms with Gasteiger partial charge in [0.2, 0.25) is 0 Å². The first kappa shape index (κ1) is 63.3. The van der Waals surface area contributed by atoms with Gasteiger partial charge < -0.3 is 0 Å². The largest absolute Gasteiger partial charge is 0.298 e. The van der Waals surface area contributed by atoms with Crippen LogP contribution in [-0.4, -0.2) is 20.2 Å². The monoisotopic (exact) mass is 1080 g/mol. The molecule has 0 unspecified atom stereocenters. The maximum absolute atomic E-state index is 13.8. The molecule has 6 aliphatic carbocycles. The van der Waals surface area contributed by atoms with Gasteiger partial charge in [0.05, 0.1) is 21.7 Å². The minimum atomic E-state index is -0.829.